The molecule has 2 bridgehead atoms. The van der Waals surface area contributed by atoms with Crippen LogP contribution in [0.25, 0.3) is 10.9 Å². The first-order valence-electron chi connectivity index (χ1n) is 17.1. The number of pyridine rings is 1. The molecular weight excluding hydrogens is 627 g/mol. The molecule has 0 saturated carbocycles. The van der Waals surface area contributed by atoms with E-state index in [1.54, 1.807) is 20.8 Å². The van der Waals surface area contributed by atoms with Gasteiger partial charge < -0.3 is 14.9 Å². The maximum Gasteiger partial charge on any atom is 0.313 e. The molecule has 6 rings (SSSR count). The van der Waals surface area contributed by atoms with Gasteiger partial charge in [0.25, 0.3) is 0 Å². The van der Waals surface area contributed by atoms with Crippen LogP contribution in [0.1, 0.15) is 70.1 Å². The number of hydrogen-bond donors (Lipinski definition) is 2. The van der Waals surface area contributed by atoms with Crippen LogP contribution in [0.15, 0.2) is 79.5 Å². The van der Waals surface area contributed by atoms with Crippen LogP contribution in [-0.4, -0.2) is 69.8 Å². The van der Waals surface area contributed by atoms with Crippen molar-refractivity contribution in [3.05, 3.63) is 90.6 Å². The van der Waals surface area contributed by atoms with E-state index in [2.05, 4.69) is 28.6 Å². The Morgan fingerprint density at radius 2 is 1.83 bits per heavy atom. The number of esters is 1. The molecule has 10 heteroatoms. The predicted octanol–water partition coefficient (Wildman–Crippen LogP) is 7.49. The topological polar surface area (TPSA) is 126 Å². The number of carbonyl (C=O) groups excluding carboxylic acids is 1. The van der Waals surface area contributed by atoms with Crippen LogP contribution in [0.3, 0.4) is 0 Å². The molecule has 0 radical (unpaired) electrons. The molecule has 0 spiro atoms. The molecule has 3 aliphatic rings. The Kier molecular flexibility index (Phi) is 13.9. The van der Waals surface area contributed by atoms with E-state index in [4.69, 9.17) is 14.4 Å². The van der Waals surface area contributed by atoms with Gasteiger partial charge in [-0.15, -0.1) is 6.58 Å². The highest BCUT2D eigenvalue weighted by Crippen LogP contribution is 2.50. The average molecular weight is 679 g/mol. The Bertz CT molecular complexity index is 1540. The fourth-order valence-electron chi connectivity index (χ4n) is 6.67. The second kappa shape index (κ2) is 17.9. The number of aliphatic hydroxyl groups excluding tert-OH is 1. The number of para-hydroxylation sites is 1. The molecule has 48 heavy (non-hydrogen) atoms. The summed E-state index contributed by atoms with van der Waals surface area (Å²) in [7, 11) is -3.45. The van der Waals surface area contributed by atoms with Crippen molar-refractivity contribution in [2.24, 2.45) is 17.8 Å². The van der Waals surface area contributed by atoms with Gasteiger partial charge in [0.1, 0.15) is 6.16 Å². The Morgan fingerprint density at radius 1 is 1.10 bits per heavy atom. The molecule has 7 atom stereocenters. The van der Waals surface area contributed by atoms with E-state index in [-0.39, 0.29) is 24.5 Å². The normalized spacial score (nSPS) is 22.6. The molecule has 2 aromatic carbocycles. The van der Waals surface area contributed by atoms with Crippen LogP contribution in [0, 0.1) is 17.8 Å². The molecule has 3 saturated heterocycles. The fourth-order valence-corrected chi connectivity index (χ4v) is 8.79. The molecule has 0 aliphatic carbocycles. The lowest BCUT2D eigenvalue weighted by molar-refractivity contribution is -0.169. The van der Waals surface area contributed by atoms with E-state index in [1.807, 2.05) is 60.8 Å². The first-order valence-corrected chi connectivity index (χ1v) is 19.1. The fraction of sp³-hybridized carbons (Fsp3) is 0.500. The zero-order chi connectivity index (χ0) is 34.7. The first-order chi connectivity index (χ1) is 23.0. The molecule has 3 aromatic rings. The minimum absolute atomic E-state index is 0.152. The summed E-state index contributed by atoms with van der Waals surface area (Å²) in [6.45, 7) is 11.3. The van der Waals surface area contributed by atoms with Gasteiger partial charge in [-0.25, -0.2) is 0 Å². The Balaban J connectivity index is 0.000000219. The minimum Gasteiger partial charge on any atom is -0.481 e. The van der Waals surface area contributed by atoms with Gasteiger partial charge in [-0.2, -0.15) is 0 Å². The number of benzene rings is 2. The summed E-state index contributed by atoms with van der Waals surface area (Å²) in [4.78, 5) is 29.5. The number of carboxylic acids is 1. The van der Waals surface area contributed by atoms with Gasteiger partial charge in [0.15, 0.2) is 0 Å². The standard InChI is InChI=1S/C19H22N2O.C19H29O6P/c1-2-13-12-21-10-8-14(13)11-18(21)19(22)16-7-9-20-17-6-4-3-5-15(16)17;1-4-18(22)24-19(15(2)3)25-26(23,14-17(20)21)13-9-8-12-16-10-6-5-7-11-16/h2-7,9,13-14,18-19,22H,1,8,10-12H2;5-7,10-11,15,19H,4,8-9,12-14H2,1-3H3,(H,20,21)/t13-,14-,18-,19+;19-,26?/m11/s1. The lowest BCUT2D eigenvalue weighted by atomic mass is 9.73. The van der Waals surface area contributed by atoms with E-state index < -0.39 is 37.9 Å². The summed E-state index contributed by atoms with van der Waals surface area (Å²) in [5.41, 5.74) is 3.15. The van der Waals surface area contributed by atoms with Crippen LogP contribution in [-0.2, 0) is 29.8 Å². The van der Waals surface area contributed by atoms with Crippen molar-refractivity contribution in [1.82, 2.24) is 9.88 Å². The zero-order valence-corrected chi connectivity index (χ0v) is 29.3. The predicted molar refractivity (Wildman–Crippen MR) is 189 cm³/mol. The Labute approximate surface area is 284 Å². The smallest absolute Gasteiger partial charge is 0.313 e. The summed E-state index contributed by atoms with van der Waals surface area (Å²) in [5, 5.41) is 21.2. The number of aromatic nitrogens is 1. The summed E-state index contributed by atoms with van der Waals surface area (Å²) >= 11 is 0. The summed E-state index contributed by atoms with van der Waals surface area (Å²) < 4.78 is 23.8. The highest BCUT2D eigenvalue weighted by molar-refractivity contribution is 7.59. The first kappa shape index (κ1) is 37.5. The number of hydrogen-bond acceptors (Lipinski definition) is 8. The van der Waals surface area contributed by atoms with E-state index in [0.717, 1.165) is 48.8 Å². The van der Waals surface area contributed by atoms with Gasteiger partial charge >= 0.3 is 11.9 Å². The van der Waals surface area contributed by atoms with Crippen molar-refractivity contribution >= 4 is 30.2 Å². The third kappa shape index (κ3) is 10.3. The van der Waals surface area contributed by atoms with Crippen molar-refractivity contribution in [3.8, 4) is 0 Å². The molecule has 3 aliphatic heterocycles. The lowest BCUT2D eigenvalue weighted by Crippen LogP contribution is -2.54. The number of carbonyl (C=O) groups is 2. The van der Waals surface area contributed by atoms with Crippen molar-refractivity contribution in [2.45, 2.75) is 77.7 Å². The molecular formula is C38H51N2O7P. The second-order valence-electron chi connectivity index (χ2n) is 13.2. The summed E-state index contributed by atoms with van der Waals surface area (Å²) in [6.07, 6.45) is 6.70. The molecule has 3 fully saturated rings. The number of piperidine rings is 3. The summed E-state index contributed by atoms with van der Waals surface area (Å²) in [6, 6.07) is 20.2. The van der Waals surface area contributed by atoms with Gasteiger partial charge in [-0.3, -0.25) is 28.6 Å². The van der Waals surface area contributed by atoms with Crippen LogP contribution < -0.4 is 0 Å². The molecule has 260 valence electrons. The number of ether oxygens (including phenoxy) is 1. The van der Waals surface area contributed by atoms with Crippen molar-refractivity contribution < 1.29 is 33.6 Å². The number of aliphatic hydroxyl groups is 1. The Morgan fingerprint density at radius 3 is 2.48 bits per heavy atom. The number of nitrogens with zero attached hydrogens (tertiary/aromatic N) is 2. The molecule has 2 N–H and O–H groups in total. The van der Waals surface area contributed by atoms with Crippen molar-refractivity contribution in [3.63, 3.8) is 0 Å². The van der Waals surface area contributed by atoms with Crippen LogP contribution >= 0.6 is 7.37 Å². The number of aliphatic carboxylic acids is 1. The number of carboxylic acid groups (broad SMARTS) is 1. The van der Waals surface area contributed by atoms with Gasteiger partial charge in [-0.05, 0) is 73.7 Å². The highest BCUT2D eigenvalue weighted by Gasteiger charge is 2.42. The maximum absolute atomic E-state index is 13.0. The van der Waals surface area contributed by atoms with Crippen LogP contribution in [0.2, 0.25) is 0 Å². The second-order valence-corrected chi connectivity index (χ2v) is 15.8. The van der Waals surface area contributed by atoms with Gasteiger partial charge in [0, 0.05) is 42.7 Å². The largest absolute Gasteiger partial charge is 0.481 e. The Hall–Kier alpha value is -3.36. The maximum atomic E-state index is 13.0. The monoisotopic (exact) mass is 678 g/mol. The van der Waals surface area contributed by atoms with Crippen LogP contribution in [0.5, 0.6) is 0 Å². The third-order valence-corrected chi connectivity index (χ3v) is 11.7. The van der Waals surface area contributed by atoms with Crippen molar-refractivity contribution in [2.75, 3.05) is 25.4 Å². The van der Waals surface area contributed by atoms with Crippen molar-refractivity contribution in [1.29, 1.82) is 0 Å². The molecule has 2 unspecified atom stereocenters. The van der Waals surface area contributed by atoms with Crippen LogP contribution in [0.4, 0.5) is 0 Å². The molecule has 4 heterocycles. The number of aryl methyl sites for hydroxylation is 1. The summed E-state index contributed by atoms with van der Waals surface area (Å²) in [5.74, 6) is -0.603. The quantitative estimate of drug-likeness (QED) is 0.0553. The molecule has 9 nitrogen and oxygen atoms in total. The van der Waals surface area contributed by atoms with E-state index in [0.29, 0.717) is 18.3 Å². The third-order valence-electron chi connectivity index (χ3n) is 9.33. The van der Waals surface area contributed by atoms with E-state index in [1.165, 1.54) is 12.0 Å². The number of unbranched alkanes of at least 4 members (excludes halogenated alkanes) is 1. The van der Waals surface area contributed by atoms with E-state index in [9.17, 15) is 19.3 Å². The van der Waals surface area contributed by atoms with Gasteiger partial charge in [-0.1, -0.05) is 75.4 Å². The van der Waals surface area contributed by atoms with Gasteiger partial charge in [0.05, 0.1) is 11.6 Å². The highest BCUT2D eigenvalue weighted by atomic mass is 31.2. The molecule has 1 aromatic heterocycles. The lowest BCUT2D eigenvalue weighted by Gasteiger charge is -2.50. The van der Waals surface area contributed by atoms with E-state index >= 15 is 0 Å². The SMILES string of the molecule is C=C[C@@H]1CN2CC[C@@H]1C[C@@H]2[C@@H](O)c1ccnc2ccccc12.CCC(=O)O[C@H](OP(=O)(CCCCc1ccccc1)CC(=O)O)C(C)C. The number of fused-ring (bicyclic) bond motifs is 4. The molecule has 0 amide bonds. The number of rotatable bonds is 15. The minimum atomic E-state index is -3.45. The zero-order valence-electron chi connectivity index (χ0n) is 28.4. The average Bonchev–Trinajstić information content (AvgIpc) is 3.09. The van der Waals surface area contributed by atoms with Gasteiger partial charge in [0.2, 0.25) is 13.7 Å².